The van der Waals surface area contributed by atoms with Crippen molar-refractivity contribution in [3.05, 3.63) is 34.3 Å². The minimum Gasteiger partial charge on any atom is -0.377 e. The molecule has 102 valence electrons. The lowest BCUT2D eigenvalue weighted by atomic mass is 10.0. The summed E-state index contributed by atoms with van der Waals surface area (Å²) >= 11 is 3.43. The molecule has 2 nitrogen and oxygen atoms in total. The van der Waals surface area contributed by atoms with Crippen LogP contribution in [0.2, 0.25) is 0 Å². The van der Waals surface area contributed by atoms with Crippen LogP contribution in [0.15, 0.2) is 28.7 Å². The van der Waals surface area contributed by atoms with Gasteiger partial charge in [-0.25, -0.2) is 0 Å². The van der Waals surface area contributed by atoms with Gasteiger partial charge in [0.15, 0.2) is 0 Å². The highest BCUT2D eigenvalue weighted by atomic mass is 79.9. The van der Waals surface area contributed by atoms with Crippen LogP contribution in [-0.2, 0) is 11.3 Å². The third kappa shape index (κ3) is 5.70. The van der Waals surface area contributed by atoms with Gasteiger partial charge >= 0.3 is 0 Å². The van der Waals surface area contributed by atoms with Gasteiger partial charge < -0.3 is 10.1 Å². The molecule has 0 radical (unpaired) electrons. The second-order valence-corrected chi connectivity index (χ2v) is 5.53. The van der Waals surface area contributed by atoms with Crippen molar-refractivity contribution >= 4 is 28.3 Å². The first kappa shape index (κ1) is 16.0. The van der Waals surface area contributed by atoms with Crippen LogP contribution < -0.4 is 5.32 Å². The van der Waals surface area contributed by atoms with Crippen molar-refractivity contribution in [3.8, 4) is 0 Å². The fourth-order valence-corrected chi connectivity index (χ4v) is 2.43. The molecule has 1 aliphatic heterocycles. The molecule has 1 aromatic carbocycles. The van der Waals surface area contributed by atoms with Crippen molar-refractivity contribution < 1.29 is 4.74 Å². The van der Waals surface area contributed by atoms with Gasteiger partial charge in [0.05, 0.1) is 6.61 Å². The van der Waals surface area contributed by atoms with E-state index in [1.807, 2.05) is 0 Å². The summed E-state index contributed by atoms with van der Waals surface area (Å²) < 4.78 is 6.83. The molecule has 0 spiro atoms. The zero-order chi connectivity index (χ0) is 11.9. The van der Waals surface area contributed by atoms with Crippen molar-refractivity contribution in [2.24, 2.45) is 0 Å². The Bertz CT molecular complexity index is 325. The molecule has 1 fully saturated rings. The number of rotatable bonds is 5. The Morgan fingerprint density at radius 3 is 2.67 bits per heavy atom. The van der Waals surface area contributed by atoms with Crippen LogP contribution in [-0.4, -0.2) is 19.2 Å². The summed E-state index contributed by atoms with van der Waals surface area (Å²) in [6.07, 6.45) is 5.14. The lowest BCUT2D eigenvalue weighted by molar-refractivity contribution is 0.108. The van der Waals surface area contributed by atoms with Crippen LogP contribution in [0.3, 0.4) is 0 Å². The summed E-state index contributed by atoms with van der Waals surface area (Å²) in [7, 11) is 0. The molecule has 4 heteroatoms. The Balaban J connectivity index is 0.00000162. The number of hydrogen-bond donors (Lipinski definition) is 1. The lowest BCUT2D eigenvalue weighted by Crippen LogP contribution is -2.34. The van der Waals surface area contributed by atoms with Gasteiger partial charge in [-0.2, -0.15) is 0 Å². The van der Waals surface area contributed by atoms with Crippen LogP contribution in [0.5, 0.6) is 0 Å². The first-order valence-corrected chi connectivity index (χ1v) is 7.19. The number of benzene rings is 1. The maximum atomic E-state index is 5.71. The van der Waals surface area contributed by atoms with Crippen molar-refractivity contribution in [2.45, 2.75) is 38.3 Å². The molecule has 1 heterocycles. The molecule has 0 aromatic heterocycles. The number of halogens is 2. The smallest absolute Gasteiger partial charge is 0.0716 e. The minimum absolute atomic E-state index is 0. The quantitative estimate of drug-likeness (QED) is 0.824. The van der Waals surface area contributed by atoms with E-state index in [4.69, 9.17) is 4.74 Å². The number of piperidine rings is 1. The molecule has 0 amide bonds. The van der Waals surface area contributed by atoms with Crippen LogP contribution in [0.4, 0.5) is 0 Å². The average Bonchev–Trinajstić information content (AvgIpc) is 2.38. The molecule has 1 unspecified atom stereocenters. The van der Waals surface area contributed by atoms with Crippen LogP contribution >= 0.6 is 28.3 Å². The van der Waals surface area contributed by atoms with E-state index in [-0.39, 0.29) is 12.4 Å². The number of ether oxygens (including phenoxy) is 1. The summed E-state index contributed by atoms with van der Waals surface area (Å²) in [5.41, 5.74) is 1.24. The summed E-state index contributed by atoms with van der Waals surface area (Å²) in [6, 6.07) is 8.99. The predicted octanol–water partition coefficient (Wildman–Crippen LogP) is 3.92. The van der Waals surface area contributed by atoms with E-state index in [9.17, 15) is 0 Å². The molecular weight excluding hydrogens is 314 g/mol. The van der Waals surface area contributed by atoms with Gasteiger partial charge in [-0.3, -0.25) is 0 Å². The van der Waals surface area contributed by atoms with Crippen LogP contribution in [0, 0.1) is 0 Å². The zero-order valence-corrected chi connectivity index (χ0v) is 12.9. The van der Waals surface area contributed by atoms with Gasteiger partial charge in [0.2, 0.25) is 0 Å². The Morgan fingerprint density at radius 2 is 2.00 bits per heavy atom. The van der Waals surface area contributed by atoms with E-state index in [0.29, 0.717) is 6.04 Å². The van der Waals surface area contributed by atoms with Crippen molar-refractivity contribution in [1.29, 1.82) is 0 Å². The highest BCUT2D eigenvalue weighted by Gasteiger charge is 2.11. The van der Waals surface area contributed by atoms with Gasteiger partial charge in [0, 0.05) is 17.1 Å². The van der Waals surface area contributed by atoms with Crippen molar-refractivity contribution in [2.75, 3.05) is 13.2 Å². The minimum atomic E-state index is 0. The second kappa shape index (κ2) is 8.92. The van der Waals surface area contributed by atoms with E-state index in [1.165, 1.54) is 31.4 Å². The first-order valence-electron chi connectivity index (χ1n) is 6.40. The maximum absolute atomic E-state index is 5.71. The third-order valence-electron chi connectivity index (χ3n) is 3.21. The third-order valence-corrected chi connectivity index (χ3v) is 3.73. The van der Waals surface area contributed by atoms with Gasteiger partial charge in [-0.1, -0.05) is 34.5 Å². The van der Waals surface area contributed by atoms with Crippen LogP contribution in [0.1, 0.15) is 31.2 Å². The highest BCUT2D eigenvalue weighted by molar-refractivity contribution is 9.10. The van der Waals surface area contributed by atoms with E-state index in [1.54, 1.807) is 0 Å². The molecule has 1 atom stereocenters. The van der Waals surface area contributed by atoms with Crippen molar-refractivity contribution in [1.82, 2.24) is 5.32 Å². The Hall–Kier alpha value is -0.0900. The van der Waals surface area contributed by atoms with E-state index in [2.05, 4.69) is 45.5 Å². The molecule has 0 saturated carbocycles. The Labute approximate surface area is 124 Å². The summed E-state index contributed by atoms with van der Waals surface area (Å²) in [5, 5.41) is 3.54. The topological polar surface area (TPSA) is 21.3 Å². The number of nitrogens with one attached hydrogen (secondary N) is 1. The fraction of sp³-hybridized carbons (Fsp3) is 0.571. The molecule has 1 N–H and O–H groups in total. The number of hydrogen-bond acceptors (Lipinski definition) is 2. The molecule has 1 saturated heterocycles. The second-order valence-electron chi connectivity index (χ2n) is 4.61. The summed E-state index contributed by atoms with van der Waals surface area (Å²) in [6.45, 7) is 2.76. The predicted molar refractivity (Wildman–Crippen MR) is 81.3 cm³/mol. The maximum Gasteiger partial charge on any atom is 0.0716 e. The van der Waals surface area contributed by atoms with Crippen molar-refractivity contribution in [3.63, 3.8) is 0 Å². The largest absolute Gasteiger partial charge is 0.377 e. The molecule has 2 rings (SSSR count). The summed E-state index contributed by atoms with van der Waals surface area (Å²) in [5.74, 6) is 0. The normalized spacial score (nSPS) is 19.3. The van der Waals surface area contributed by atoms with Gasteiger partial charge in [0.25, 0.3) is 0 Å². The first-order chi connectivity index (χ1) is 8.34. The van der Waals surface area contributed by atoms with E-state index >= 15 is 0 Å². The fourth-order valence-electron chi connectivity index (χ4n) is 2.17. The zero-order valence-electron chi connectivity index (χ0n) is 10.5. The summed E-state index contributed by atoms with van der Waals surface area (Å²) in [4.78, 5) is 0. The molecule has 0 aliphatic carbocycles. The molecule has 18 heavy (non-hydrogen) atoms. The standard InChI is InChI=1S/C14H20BrNO.ClH/c15-13-6-4-12(5-7-13)11-17-10-8-14-3-1-2-9-16-14;/h4-7,14,16H,1-3,8-11H2;1H. The van der Waals surface area contributed by atoms with Gasteiger partial charge in [0.1, 0.15) is 0 Å². The molecule has 0 bridgehead atoms. The van der Waals surface area contributed by atoms with E-state index < -0.39 is 0 Å². The Morgan fingerprint density at radius 1 is 1.22 bits per heavy atom. The molecule has 1 aliphatic rings. The lowest BCUT2D eigenvalue weighted by Gasteiger charge is -2.23. The molecular formula is C14H21BrClNO. The average molecular weight is 335 g/mol. The highest BCUT2D eigenvalue weighted by Crippen LogP contribution is 2.12. The SMILES string of the molecule is Brc1ccc(COCCC2CCCCN2)cc1.Cl. The monoisotopic (exact) mass is 333 g/mol. The van der Waals surface area contributed by atoms with Gasteiger partial charge in [-0.05, 0) is 43.5 Å². The Kier molecular flexibility index (Phi) is 7.91. The van der Waals surface area contributed by atoms with E-state index in [0.717, 1.165) is 24.1 Å². The molecule has 1 aromatic rings. The van der Waals surface area contributed by atoms with Crippen LogP contribution in [0.25, 0.3) is 0 Å². The van der Waals surface area contributed by atoms with Gasteiger partial charge in [-0.15, -0.1) is 12.4 Å².